The lowest BCUT2D eigenvalue weighted by molar-refractivity contribution is 1.16. The summed E-state index contributed by atoms with van der Waals surface area (Å²) >= 11 is 0. The average molecular weight is 930 g/mol. The minimum Gasteiger partial charge on any atom is -0.309 e. The van der Waals surface area contributed by atoms with Gasteiger partial charge in [-0.15, -0.1) is 0 Å². The van der Waals surface area contributed by atoms with Gasteiger partial charge in [0.2, 0.25) is 0 Å². The maximum absolute atomic E-state index is 7.86. The van der Waals surface area contributed by atoms with Crippen LogP contribution in [-0.4, -0.2) is 23.7 Å². The Balaban J connectivity index is 0.887. The highest BCUT2D eigenvalue weighted by Crippen LogP contribution is 2.41. The number of fused-ring (bicyclic) bond motifs is 9. The molecule has 0 aliphatic heterocycles. The van der Waals surface area contributed by atoms with Gasteiger partial charge in [-0.3, -0.25) is 0 Å². The molecule has 4 aromatic heterocycles. The van der Waals surface area contributed by atoms with E-state index in [1.807, 2.05) is 42.5 Å². The number of rotatable bonds is 7. The number of aromatic nitrogens is 5. The molecule has 0 fully saturated rings. The zero-order valence-corrected chi connectivity index (χ0v) is 39.1. The quantitative estimate of drug-likeness (QED) is 0.150. The predicted octanol–water partition coefficient (Wildman–Crippen LogP) is 17.5. The maximum Gasteiger partial charge on any atom is 0.198 e. The van der Waals surface area contributed by atoms with Gasteiger partial charge in [0.15, 0.2) is 11.4 Å². The summed E-state index contributed by atoms with van der Waals surface area (Å²) < 4.78 is 7.19. The average Bonchev–Trinajstić information content (AvgIpc) is 4.10. The molecule has 0 aliphatic rings. The molecule has 14 rings (SSSR count). The largest absolute Gasteiger partial charge is 0.309 e. The van der Waals surface area contributed by atoms with Gasteiger partial charge in [0.25, 0.3) is 0 Å². The summed E-state index contributed by atoms with van der Waals surface area (Å²) in [5.41, 5.74) is 17.0. The van der Waals surface area contributed by atoms with Crippen molar-refractivity contribution in [2.24, 2.45) is 0 Å². The van der Waals surface area contributed by atoms with Gasteiger partial charge in [-0.25, -0.2) is 19.7 Å². The van der Waals surface area contributed by atoms with Crippen molar-refractivity contribution < 1.29 is 0 Å². The highest BCUT2D eigenvalue weighted by atomic mass is 15.0. The molecule has 338 valence electrons. The third-order valence-electron chi connectivity index (χ3n) is 14.3. The molecular formula is C66H39N7. The minimum absolute atomic E-state index is 0.439. The molecule has 7 heteroatoms. The SMILES string of the molecule is [C-]#[N+]c1ccccc1-c1cc(-c2ccc(-c3ccc(-n4c5ccc(-n6c7ccccc7c7ccccc76)cc5c5cc(-n6c7ccccc7c7ccccc76)ccc54)cc3)cc2)nc(-c2ccccc2[N+]#[C-])n1. The third-order valence-corrected chi connectivity index (χ3v) is 14.3. The Hall–Kier alpha value is -10.3. The van der Waals surface area contributed by atoms with Gasteiger partial charge in [0.05, 0.1) is 57.6 Å². The molecule has 0 spiro atoms. The first kappa shape index (κ1) is 41.6. The molecule has 4 heterocycles. The summed E-state index contributed by atoms with van der Waals surface area (Å²) in [6, 6.07) is 82.6. The van der Waals surface area contributed by atoms with E-state index in [-0.39, 0.29) is 0 Å². The van der Waals surface area contributed by atoms with E-state index in [9.17, 15) is 0 Å². The molecule has 7 nitrogen and oxygen atoms in total. The second-order valence-corrected chi connectivity index (χ2v) is 18.3. The van der Waals surface area contributed by atoms with Gasteiger partial charge >= 0.3 is 0 Å². The summed E-state index contributed by atoms with van der Waals surface area (Å²) in [4.78, 5) is 17.5. The van der Waals surface area contributed by atoms with Gasteiger partial charge in [0, 0.05) is 66.1 Å². The van der Waals surface area contributed by atoms with E-state index >= 15 is 0 Å². The molecule has 0 N–H and O–H groups in total. The van der Waals surface area contributed by atoms with Crippen molar-refractivity contribution in [1.82, 2.24) is 23.7 Å². The number of benzene rings is 10. The fraction of sp³-hybridized carbons (Fsp3) is 0. The Bertz CT molecular complexity index is 4280. The first-order valence-corrected chi connectivity index (χ1v) is 24.2. The summed E-state index contributed by atoms with van der Waals surface area (Å²) in [7, 11) is 0. The van der Waals surface area contributed by atoms with Gasteiger partial charge in [-0.1, -0.05) is 158 Å². The fourth-order valence-electron chi connectivity index (χ4n) is 11.0. The minimum atomic E-state index is 0.439. The topological polar surface area (TPSA) is 49.3 Å². The van der Waals surface area contributed by atoms with Crippen LogP contribution in [0.15, 0.2) is 237 Å². The number of hydrogen-bond acceptors (Lipinski definition) is 2. The Kier molecular flexibility index (Phi) is 9.50. The van der Waals surface area contributed by atoms with E-state index in [1.54, 1.807) is 12.1 Å². The maximum atomic E-state index is 7.86. The van der Waals surface area contributed by atoms with Crippen molar-refractivity contribution >= 4 is 76.8 Å². The molecule has 0 amide bonds. The van der Waals surface area contributed by atoms with Crippen LogP contribution in [0.3, 0.4) is 0 Å². The van der Waals surface area contributed by atoms with E-state index < -0.39 is 0 Å². The molecule has 0 aliphatic carbocycles. The molecule has 14 aromatic rings. The number of hydrogen-bond donors (Lipinski definition) is 0. The molecule has 10 aromatic carbocycles. The third kappa shape index (κ3) is 6.65. The molecule has 0 atom stereocenters. The van der Waals surface area contributed by atoms with Crippen LogP contribution >= 0.6 is 0 Å². The number of para-hydroxylation sites is 6. The lowest BCUT2D eigenvalue weighted by Gasteiger charge is -2.12. The Morgan fingerprint density at radius 3 is 1.14 bits per heavy atom. The van der Waals surface area contributed by atoms with Crippen molar-refractivity contribution in [3.63, 3.8) is 0 Å². The fourth-order valence-corrected chi connectivity index (χ4v) is 11.0. The molecule has 0 saturated carbocycles. The van der Waals surface area contributed by atoms with E-state index in [2.05, 4.69) is 205 Å². The van der Waals surface area contributed by atoms with Gasteiger partial charge in [0.1, 0.15) is 5.82 Å². The van der Waals surface area contributed by atoms with E-state index in [0.717, 1.165) is 50.3 Å². The summed E-state index contributed by atoms with van der Waals surface area (Å²) in [6.45, 7) is 15.7. The normalized spacial score (nSPS) is 11.5. The van der Waals surface area contributed by atoms with Crippen molar-refractivity contribution in [2.45, 2.75) is 0 Å². The van der Waals surface area contributed by atoms with Crippen molar-refractivity contribution in [3.8, 4) is 62.1 Å². The monoisotopic (exact) mass is 929 g/mol. The lowest BCUT2D eigenvalue weighted by atomic mass is 10.0. The van der Waals surface area contributed by atoms with Crippen LogP contribution in [0.1, 0.15) is 0 Å². The Labute approximate surface area is 420 Å². The molecule has 0 bridgehead atoms. The second-order valence-electron chi connectivity index (χ2n) is 18.3. The summed E-state index contributed by atoms with van der Waals surface area (Å²) in [6.07, 6.45) is 0. The van der Waals surface area contributed by atoms with Crippen LogP contribution in [0.4, 0.5) is 11.4 Å². The number of nitrogens with zero attached hydrogens (tertiary/aromatic N) is 7. The molecule has 0 unspecified atom stereocenters. The van der Waals surface area contributed by atoms with Gasteiger partial charge in [-0.05, 0) is 90.0 Å². The Morgan fingerprint density at radius 2 is 0.644 bits per heavy atom. The summed E-state index contributed by atoms with van der Waals surface area (Å²) in [5, 5.41) is 7.28. The molecule has 73 heavy (non-hydrogen) atoms. The highest BCUT2D eigenvalue weighted by molar-refractivity contribution is 6.14. The van der Waals surface area contributed by atoms with Crippen LogP contribution in [-0.2, 0) is 0 Å². The standard InChI is InChI=1S/C66H39N7/c1-67-56-21-9-3-19-52(56)59-41-58(69-66(70-59)53-20-4-10-22-57(53)68-2)44-29-27-42(28-30-44)43-31-33-45(34-32-43)71-64-37-35-46(72-60-23-11-5-15-48(60)49-16-6-12-24-61(49)72)39-54(64)55-40-47(36-38-65(55)71)73-62-25-13-7-17-50(62)51-18-8-14-26-63(51)73/h3-41H. The van der Waals surface area contributed by atoms with Gasteiger partial charge < -0.3 is 13.7 Å². The van der Waals surface area contributed by atoms with Gasteiger partial charge in [-0.2, -0.15) is 0 Å². The van der Waals surface area contributed by atoms with Crippen molar-refractivity contribution in [3.05, 3.63) is 259 Å². The molecular weight excluding hydrogens is 891 g/mol. The predicted molar refractivity (Wildman–Crippen MR) is 299 cm³/mol. The smallest absolute Gasteiger partial charge is 0.198 e. The van der Waals surface area contributed by atoms with E-state index in [4.69, 9.17) is 23.1 Å². The zero-order chi connectivity index (χ0) is 48.6. The van der Waals surface area contributed by atoms with Crippen LogP contribution in [0.5, 0.6) is 0 Å². The van der Waals surface area contributed by atoms with E-state index in [0.29, 0.717) is 34.2 Å². The van der Waals surface area contributed by atoms with Crippen molar-refractivity contribution in [2.75, 3.05) is 0 Å². The first-order valence-electron chi connectivity index (χ1n) is 24.2. The Morgan fingerprint density at radius 1 is 0.288 bits per heavy atom. The van der Waals surface area contributed by atoms with E-state index in [1.165, 1.54) is 54.4 Å². The second kappa shape index (κ2) is 16.7. The highest BCUT2D eigenvalue weighted by Gasteiger charge is 2.20. The lowest BCUT2D eigenvalue weighted by Crippen LogP contribution is -1.96. The van der Waals surface area contributed by atoms with Crippen molar-refractivity contribution in [1.29, 1.82) is 0 Å². The van der Waals surface area contributed by atoms with Crippen LogP contribution in [0, 0.1) is 13.1 Å². The molecule has 0 radical (unpaired) electrons. The van der Waals surface area contributed by atoms with Crippen LogP contribution in [0.25, 0.3) is 137 Å². The van der Waals surface area contributed by atoms with Crippen LogP contribution in [0.2, 0.25) is 0 Å². The summed E-state index contributed by atoms with van der Waals surface area (Å²) in [5.74, 6) is 0.439. The van der Waals surface area contributed by atoms with Crippen LogP contribution < -0.4 is 0 Å². The zero-order valence-electron chi connectivity index (χ0n) is 39.1. The molecule has 0 saturated heterocycles. The first-order chi connectivity index (χ1) is 36.1.